The lowest BCUT2D eigenvalue weighted by Gasteiger charge is -2.39. The van der Waals surface area contributed by atoms with Crippen LogP contribution in [0.5, 0.6) is 0 Å². The van der Waals surface area contributed by atoms with Crippen LogP contribution in [-0.4, -0.2) is 70.3 Å². The maximum absolute atomic E-state index is 13.1. The summed E-state index contributed by atoms with van der Waals surface area (Å²) in [5.74, 6) is 0.103. The molecule has 2 aromatic heterocycles. The van der Waals surface area contributed by atoms with Gasteiger partial charge in [0.1, 0.15) is 6.04 Å². The van der Waals surface area contributed by atoms with E-state index in [1.54, 1.807) is 11.1 Å². The molecule has 0 saturated carbocycles. The van der Waals surface area contributed by atoms with Crippen LogP contribution in [0.4, 0.5) is 0 Å². The van der Waals surface area contributed by atoms with Crippen molar-refractivity contribution >= 4 is 23.2 Å². The number of pyridine rings is 1. The van der Waals surface area contributed by atoms with Gasteiger partial charge in [0.05, 0.1) is 4.88 Å². The maximum atomic E-state index is 13.1. The fourth-order valence-corrected chi connectivity index (χ4v) is 4.86. The van der Waals surface area contributed by atoms with Crippen LogP contribution in [-0.2, 0) is 4.79 Å². The van der Waals surface area contributed by atoms with Crippen molar-refractivity contribution in [2.45, 2.75) is 31.8 Å². The molecule has 0 aliphatic carbocycles. The second kappa shape index (κ2) is 8.41. The summed E-state index contributed by atoms with van der Waals surface area (Å²) in [4.78, 5) is 36.9. The number of thiophene rings is 1. The first-order valence-corrected chi connectivity index (χ1v) is 10.8. The third-order valence-corrected chi connectivity index (χ3v) is 6.73. The molecule has 2 saturated heterocycles. The van der Waals surface area contributed by atoms with Gasteiger partial charge in [0.2, 0.25) is 5.91 Å². The monoisotopic (exact) mass is 398 g/mol. The van der Waals surface area contributed by atoms with Gasteiger partial charge in [-0.05, 0) is 42.8 Å². The van der Waals surface area contributed by atoms with E-state index in [-0.39, 0.29) is 23.9 Å². The molecule has 2 amide bonds. The molecule has 4 heterocycles. The van der Waals surface area contributed by atoms with Crippen molar-refractivity contribution in [2.24, 2.45) is 0 Å². The maximum Gasteiger partial charge on any atom is 0.264 e. The summed E-state index contributed by atoms with van der Waals surface area (Å²) >= 11 is 1.44. The first kappa shape index (κ1) is 19.1. The Morgan fingerprint density at radius 3 is 2.64 bits per heavy atom. The van der Waals surface area contributed by atoms with Crippen LogP contribution in [0.25, 0.3) is 0 Å². The van der Waals surface area contributed by atoms with Crippen molar-refractivity contribution < 1.29 is 9.59 Å². The number of carbonyl (C=O) groups excluding carboxylic acids is 2. The number of amides is 2. The van der Waals surface area contributed by atoms with Crippen LogP contribution in [0.1, 0.15) is 41.0 Å². The lowest BCUT2D eigenvalue weighted by atomic mass is 10.1. The molecule has 0 N–H and O–H groups in total. The smallest absolute Gasteiger partial charge is 0.264 e. The van der Waals surface area contributed by atoms with Gasteiger partial charge >= 0.3 is 0 Å². The average molecular weight is 399 g/mol. The quantitative estimate of drug-likeness (QED) is 0.795. The fourth-order valence-electron chi connectivity index (χ4n) is 4.18. The van der Waals surface area contributed by atoms with Crippen LogP contribution in [0.15, 0.2) is 42.0 Å². The molecule has 0 spiro atoms. The summed E-state index contributed by atoms with van der Waals surface area (Å²) in [6.45, 7) is 5.96. The minimum atomic E-state index is -0.308. The van der Waals surface area contributed by atoms with Gasteiger partial charge in [0, 0.05) is 51.2 Å². The number of aromatic nitrogens is 1. The van der Waals surface area contributed by atoms with Gasteiger partial charge in [-0.25, -0.2) is 0 Å². The molecule has 2 fully saturated rings. The van der Waals surface area contributed by atoms with Crippen LogP contribution in [0, 0.1) is 0 Å². The average Bonchev–Trinajstić information content (AvgIpc) is 3.45. The second-order valence-corrected chi connectivity index (χ2v) is 8.41. The van der Waals surface area contributed by atoms with Crippen molar-refractivity contribution in [1.82, 2.24) is 19.7 Å². The van der Waals surface area contributed by atoms with Gasteiger partial charge in [0.25, 0.3) is 5.91 Å². The predicted molar refractivity (Wildman–Crippen MR) is 109 cm³/mol. The Kier molecular flexibility index (Phi) is 5.73. The van der Waals surface area contributed by atoms with E-state index in [0.29, 0.717) is 19.6 Å². The van der Waals surface area contributed by atoms with E-state index in [0.717, 1.165) is 30.8 Å². The van der Waals surface area contributed by atoms with Crippen LogP contribution >= 0.6 is 11.3 Å². The van der Waals surface area contributed by atoms with E-state index < -0.39 is 0 Å². The summed E-state index contributed by atoms with van der Waals surface area (Å²) in [6, 6.07) is 7.76. The van der Waals surface area contributed by atoms with E-state index in [4.69, 9.17) is 0 Å². The van der Waals surface area contributed by atoms with Crippen molar-refractivity contribution in [3.8, 4) is 0 Å². The topological polar surface area (TPSA) is 56.8 Å². The summed E-state index contributed by atoms with van der Waals surface area (Å²) in [5.41, 5.74) is 1.20. The summed E-state index contributed by atoms with van der Waals surface area (Å²) in [5, 5.41) is 1.91. The van der Waals surface area contributed by atoms with Crippen LogP contribution in [0.3, 0.4) is 0 Å². The van der Waals surface area contributed by atoms with Gasteiger partial charge in [0.15, 0.2) is 0 Å². The Hall–Kier alpha value is -2.25. The molecule has 28 heavy (non-hydrogen) atoms. The molecule has 2 aromatic rings. The van der Waals surface area contributed by atoms with Crippen molar-refractivity contribution in [3.05, 3.63) is 52.5 Å². The lowest BCUT2D eigenvalue weighted by molar-refractivity contribution is -0.137. The van der Waals surface area contributed by atoms with Gasteiger partial charge in [-0.3, -0.25) is 19.5 Å². The molecular formula is C21H26N4O2S. The molecule has 4 rings (SSSR count). The van der Waals surface area contributed by atoms with E-state index in [9.17, 15) is 9.59 Å². The Labute approximate surface area is 169 Å². The summed E-state index contributed by atoms with van der Waals surface area (Å²) < 4.78 is 0. The molecule has 7 heteroatoms. The standard InChI is InChI=1S/C21H26N4O2S/c1-16(17-5-2-8-22-15-17)23-10-12-24(13-11-23)20(26)18-6-3-9-25(18)21(27)19-7-4-14-28-19/h2,4-5,7-8,14-16,18H,3,6,9-13H2,1H3/t16?,18-/m0/s1. The molecule has 0 bridgehead atoms. The molecule has 2 aliphatic heterocycles. The minimum Gasteiger partial charge on any atom is -0.338 e. The SMILES string of the molecule is CC(c1cccnc1)N1CCN(C(=O)[C@@H]2CCCN2C(=O)c2cccs2)CC1. The number of nitrogens with zero attached hydrogens (tertiary/aromatic N) is 4. The third-order valence-electron chi connectivity index (χ3n) is 5.87. The first-order chi connectivity index (χ1) is 13.6. The number of hydrogen-bond donors (Lipinski definition) is 0. The normalized spacial score (nSPS) is 21.7. The van der Waals surface area contributed by atoms with Crippen molar-refractivity contribution in [1.29, 1.82) is 0 Å². The van der Waals surface area contributed by atoms with Gasteiger partial charge in [-0.1, -0.05) is 12.1 Å². The molecule has 1 unspecified atom stereocenters. The summed E-state index contributed by atoms with van der Waals surface area (Å²) in [6.07, 6.45) is 5.36. The highest BCUT2D eigenvalue weighted by Crippen LogP contribution is 2.25. The molecule has 0 radical (unpaired) electrons. The Bertz CT molecular complexity index is 803. The van der Waals surface area contributed by atoms with Crippen molar-refractivity contribution in [2.75, 3.05) is 32.7 Å². The first-order valence-electron chi connectivity index (χ1n) is 9.92. The molecule has 0 aromatic carbocycles. The minimum absolute atomic E-state index is 0.00492. The van der Waals surface area contributed by atoms with E-state index >= 15 is 0 Å². The van der Waals surface area contributed by atoms with E-state index in [1.807, 2.05) is 34.7 Å². The molecular weight excluding hydrogens is 372 g/mol. The van der Waals surface area contributed by atoms with Gasteiger partial charge in [-0.15, -0.1) is 11.3 Å². The van der Waals surface area contributed by atoms with E-state index in [1.165, 1.54) is 16.9 Å². The number of hydrogen-bond acceptors (Lipinski definition) is 5. The summed E-state index contributed by atoms with van der Waals surface area (Å²) in [7, 11) is 0. The number of carbonyl (C=O) groups is 2. The van der Waals surface area contributed by atoms with Crippen molar-refractivity contribution in [3.63, 3.8) is 0 Å². The highest BCUT2D eigenvalue weighted by atomic mass is 32.1. The number of likely N-dealkylation sites (tertiary alicyclic amines) is 1. The number of piperazine rings is 1. The fraction of sp³-hybridized carbons (Fsp3) is 0.476. The molecule has 2 atom stereocenters. The van der Waals surface area contributed by atoms with Gasteiger partial charge in [-0.2, -0.15) is 0 Å². The zero-order chi connectivity index (χ0) is 19.5. The largest absolute Gasteiger partial charge is 0.338 e. The van der Waals surface area contributed by atoms with E-state index in [2.05, 4.69) is 22.9 Å². The zero-order valence-electron chi connectivity index (χ0n) is 16.2. The highest BCUT2D eigenvalue weighted by Gasteiger charge is 2.38. The molecule has 2 aliphatic rings. The molecule has 6 nitrogen and oxygen atoms in total. The van der Waals surface area contributed by atoms with Crippen LogP contribution < -0.4 is 0 Å². The predicted octanol–water partition coefficient (Wildman–Crippen LogP) is 2.65. The van der Waals surface area contributed by atoms with Gasteiger partial charge < -0.3 is 9.80 Å². The van der Waals surface area contributed by atoms with Crippen LogP contribution in [0.2, 0.25) is 0 Å². The zero-order valence-corrected chi connectivity index (χ0v) is 17.0. The molecule has 148 valence electrons. The Balaban J connectivity index is 1.36. The Morgan fingerprint density at radius 2 is 1.96 bits per heavy atom. The Morgan fingerprint density at radius 1 is 1.14 bits per heavy atom. The highest BCUT2D eigenvalue weighted by molar-refractivity contribution is 7.12. The lowest BCUT2D eigenvalue weighted by Crippen LogP contribution is -2.54. The third kappa shape index (κ3) is 3.82. The number of rotatable bonds is 4. The second-order valence-electron chi connectivity index (χ2n) is 7.46.